The Labute approximate surface area is 155 Å². The molecule has 3 rings (SSSR count). The van der Waals surface area contributed by atoms with Crippen molar-refractivity contribution in [1.82, 2.24) is 4.31 Å². The van der Waals surface area contributed by atoms with E-state index in [1.54, 1.807) is 16.4 Å². The Morgan fingerprint density at radius 2 is 1.76 bits per heavy atom. The van der Waals surface area contributed by atoms with Crippen LogP contribution in [0.4, 0.5) is 0 Å². The molecule has 2 aromatic carbocycles. The summed E-state index contributed by atoms with van der Waals surface area (Å²) in [6.45, 7) is 2.28. The van der Waals surface area contributed by atoms with Crippen molar-refractivity contribution < 1.29 is 13.2 Å². The molecule has 1 heterocycles. The molecule has 1 saturated heterocycles. The summed E-state index contributed by atoms with van der Waals surface area (Å²) >= 11 is 0. The molecule has 1 aliphatic rings. The Morgan fingerprint density at radius 3 is 2.44 bits per heavy atom. The van der Waals surface area contributed by atoms with Crippen LogP contribution in [0, 0.1) is 0 Å². The average molecular weight is 385 g/mol. The summed E-state index contributed by atoms with van der Waals surface area (Å²) in [6, 6.07) is 13.1. The third kappa shape index (κ3) is 4.71. The lowest BCUT2D eigenvalue weighted by atomic mass is 10.1. The number of sulfonamides is 1. The first kappa shape index (κ1) is 20.1. The molecule has 1 aliphatic heterocycles. The van der Waals surface area contributed by atoms with Crippen LogP contribution in [0.15, 0.2) is 47.4 Å². The molecule has 0 atom stereocenters. The number of fused-ring (bicyclic) bond motifs is 1. The fourth-order valence-electron chi connectivity index (χ4n) is 3.05. The predicted molar refractivity (Wildman–Crippen MR) is 103 cm³/mol. The lowest BCUT2D eigenvalue weighted by Gasteiger charge is -2.31. The standard InChI is InChI=1S/C18H24N2O3S.ClH/c19-10-3-13-23-17-8-11-20(12-9-17)24(21,22)18-7-6-15-4-1-2-5-16(15)14-18;/h1-2,4-7,14,17H,3,8-13,19H2;1H. The highest BCUT2D eigenvalue weighted by Crippen LogP contribution is 2.25. The zero-order valence-corrected chi connectivity index (χ0v) is 15.8. The van der Waals surface area contributed by atoms with E-state index in [-0.39, 0.29) is 18.5 Å². The van der Waals surface area contributed by atoms with Gasteiger partial charge in [-0.3, -0.25) is 0 Å². The number of ether oxygens (including phenoxy) is 1. The van der Waals surface area contributed by atoms with Gasteiger partial charge >= 0.3 is 0 Å². The molecule has 25 heavy (non-hydrogen) atoms. The molecular weight excluding hydrogens is 360 g/mol. The lowest BCUT2D eigenvalue weighted by Crippen LogP contribution is -2.41. The fraction of sp³-hybridized carbons (Fsp3) is 0.444. The van der Waals surface area contributed by atoms with Gasteiger partial charge in [-0.05, 0) is 48.7 Å². The van der Waals surface area contributed by atoms with E-state index in [9.17, 15) is 8.42 Å². The maximum atomic E-state index is 12.9. The van der Waals surface area contributed by atoms with Crippen LogP contribution < -0.4 is 5.73 Å². The molecule has 0 radical (unpaired) electrons. The molecule has 2 aromatic rings. The number of rotatable bonds is 6. The van der Waals surface area contributed by atoms with Gasteiger partial charge in [-0.15, -0.1) is 12.4 Å². The molecule has 7 heteroatoms. The number of nitrogens with two attached hydrogens (primary N) is 1. The van der Waals surface area contributed by atoms with E-state index in [1.807, 2.05) is 30.3 Å². The van der Waals surface area contributed by atoms with Crippen LogP contribution in [0.1, 0.15) is 19.3 Å². The van der Waals surface area contributed by atoms with Crippen molar-refractivity contribution in [2.24, 2.45) is 5.73 Å². The minimum Gasteiger partial charge on any atom is -0.378 e. The first-order chi connectivity index (χ1) is 11.6. The first-order valence-corrected chi connectivity index (χ1v) is 9.86. The van der Waals surface area contributed by atoms with Gasteiger partial charge in [0.25, 0.3) is 0 Å². The SMILES string of the molecule is Cl.NCCCOC1CCN(S(=O)(=O)c2ccc3ccccc3c2)CC1. The van der Waals surface area contributed by atoms with E-state index in [1.165, 1.54) is 0 Å². The normalized spacial score (nSPS) is 16.7. The topological polar surface area (TPSA) is 72.6 Å². The Morgan fingerprint density at radius 1 is 1.08 bits per heavy atom. The molecule has 0 saturated carbocycles. The van der Waals surface area contributed by atoms with E-state index in [4.69, 9.17) is 10.5 Å². The highest BCUT2D eigenvalue weighted by atomic mass is 35.5. The summed E-state index contributed by atoms with van der Waals surface area (Å²) in [5.74, 6) is 0. The fourth-order valence-corrected chi connectivity index (χ4v) is 4.55. The summed E-state index contributed by atoms with van der Waals surface area (Å²) < 4.78 is 33.0. The van der Waals surface area contributed by atoms with E-state index >= 15 is 0 Å². The maximum Gasteiger partial charge on any atom is 0.243 e. The second-order valence-electron chi connectivity index (χ2n) is 6.13. The summed E-state index contributed by atoms with van der Waals surface area (Å²) in [4.78, 5) is 0.365. The zero-order chi connectivity index (χ0) is 17.0. The number of benzene rings is 2. The molecule has 5 nitrogen and oxygen atoms in total. The summed E-state index contributed by atoms with van der Waals surface area (Å²) in [6.07, 6.45) is 2.45. The Kier molecular flexibility index (Phi) is 7.22. The summed E-state index contributed by atoms with van der Waals surface area (Å²) in [5, 5.41) is 1.99. The second kappa shape index (κ2) is 8.96. The van der Waals surface area contributed by atoms with Crippen molar-refractivity contribution in [3.63, 3.8) is 0 Å². The van der Waals surface area contributed by atoms with Gasteiger partial charge in [-0.1, -0.05) is 30.3 Å². The largest absolute Gasteiger partial charge is 0.378 e. The molecule has 0 bridgehead atoms. The van der Waals surface area contributed by atoms with Gasteiger partial charge in [0.2, 0.25) is 10.0 Å². The van der Waals surface area contributed by atoms with E-state index < -0.39 is 10.0 Å². The number of piperidine rings is 1. The van der Waals surface area contributed by atoms with Gasteiger partial charge in [0, 0.05) is 19.7 Å². The van der Waals surface area contributed by atoms with Crippen molar-refractivity contribution in [2.45, 2.75) is 30.3 Å². The van der Waals surface area contributed by atoms with Crippen molar-refractivity contribution in [3.8, 4) is 0 Å². The van der Waals surface area contributed by atoms with E-state index in [0.29, 0.717) is 31.1 Å². The van der Waals surface area contributed by atoms with Gasteiger partial charge in [0.05, 0.1) is 11.0 Å². The molecule has 0 unspecified atom stereocenters. The number of hydrogen-bond acceptors (Lipinski definition) is 4. The average Bonchev–Trinajstić information content (AvgIpc) is 2.62. The molecule has 2 N–H and O–H groups in total. The summed E-state index contributed by atoms with van der Waals surface area (Å²) in [7, 11) is -3.44. The van der Waals surface area contributed by atoms with E-state index in [0.717, 1.165) is 30.0 Å². The van der Waals surface area contributed by atoms with Gasteiger partial charge in [-0.25, -0.2) is 8.42 Å². The molecule has 0 aromatic heterocycles. The Hall–Kier alpha value is -1.18. The number of halogens is 1. The van der Waals surface area contributed by atoms with Crippen LogP contribution in [0.2, 0.25) is 0 Å². The molecule has 0 amide bonds. The van der Waals surface area contributed by atoms with Crippen molar-refractivity contribution in [1.29, 1.82) is 0 Å². The number of hydrogen-bond donors (Lipinski definition) is 1. The van der Waals surface area contributed by atoms with Crippen molar-refractivity contribution in [2.75, 3.05) is 26.2 Å². The molecule has 1 fully saturated rings. The van der Waals surface area contributed by atoms with Crippen LogP contribution >= 0.6 is 12.4 Å². The number of nitrogens with zero attached hydrogens (tertiary/aromatic N) is 1. The Balaban J connectivity index is 0.00000225. The third-order valence-corrected chi connectivity index (χ3v) is 6.36. The molecule has 0 spiro atoms. The molecule has 138 valence electrons. The van der Waals surface area contributed by atoms with Crippen LogP contribution in [0.3, 0.4) is 0 Å². The molecule has 0 aliphatic carbocycles. The maximum absolute atomic E-state index is 12.9. The smallest absolute Gasteiger partial charge is 0.243 e. The van der Waals surface area contributed by atoms with Crippen LogP contribution in [0.5, 0.6) is 0 Å². The predicted octanol–water partition coefficient (Wildman–Crippen LogP) is 2.78. The second-order valence-corrected chi connectivity index (χ2v) is 8.06. The minimum absolute atomic E-state index is 0. The van der Waals surface area contributed by atoms with Gasteiger partial charge in [-0.2, -0.15) is 4.31 Å². The molecular formula is C18H25ClN2O3S. The van der Waals surface area contributed by atoms with Crippen molar-refractivity contribution >= 4 is 33.2 Å². The monoisotopic (exact) mass is 384 g/mol. The highest BCUT2D eigenvalue weighted by molar-refractivity contribution is 7.89. The van der Waals surface area contributed by atoms with Crippen LogP contribution in [0.25, 0.3) is 10.8 Å². The third-order valence-electron chi connectivity index (χ3n) is 4.46. The van der Waals surface area contributed by atoms with Crippen LogP contribution in [-0.2, 0) is 14.8 Å². The Bertz CT molecular complexity index is 790. The lowest BCUT2D eigenvalue weighted by molar-refractivity contribution is 0.0209. The van der Waals surface area contributed by atoms with Crippen LogP contribution in [-0.4, -0.2) is 45.1 Å². The van der Waals surface area contributed by atoms with Gasteiger partial charge < -0.3 is 10.5 Å². The highest BCUT2D eigenvalue weighted by Gasteiger charge is 2.29. The van der Waals surface area contributed by atoms with Gasteiger partial charge in [0.15, 0.2) is 0 Å². The quantitative estimate of drug-likeness (QED) is 0.777. The van der Waals surface area contributed by atoms with Crippen molar-refractivity contribution in [3.05, 3.63) is 42.5 Å². The zero-order valence-electron chi connectivity index (χ0n) is 14.1. The first-order valence-electron chi connectivity index (χ1n) is 8.42. The van der Waals surface area contributed by atoms with Gasteiger partial charge in [0.1, 0.15) is 0 Å². The summed E-state index contributed by atoms with van der Waals surface area (Å²) in [5.41, 5.74) is 5.46. The minimum atomic E-state index is -3.44. The van der Waals surface area contributed by atoms with E-state index in [2.05, 4.69) is 0 Å².